The third kappa shape index (κ3) is 3.07. The Bertz CT molecular complexity index is 433. The third-order valence-electron chi connectivity index (χ3n) is 2.84. The van der Waals surface area contributed by atoms with Crippen molar-refractivity contribution in [3.05, 3.63) is 34.9 Å². The van der Waals surface area contributed by atoms with Crippen LogP contribution in [0.2, 0.25) is 0 Å². The SMILES string of the molecule is COCC(O)CNC(=O)c1ccc2c(c1)COC2. The predicted molar refractivity (Wildman–Crippen MR) is 65.2 cm³/mol. The Morgan fingerprint density at radius 3 is 3.06 bits per heavy atom. The number of amides is 1. The molecule has 0 saturated carbocycles. The van der Waals surface area contributed by atoms with Gasteiger partial charge >= 0.3 is 0 Å². The maximum absolute atomic E-state index is 11.8. The third-order valence-corrected chi connectivity index (χ3v) is 2.84. The molecule has 98 valence electrons. The van der Waals surface area contributed by atoms with Crippen LogP contribution in [0, 0.1) is 0 Å². The average Bonchev–Trinajstić information content (AvgIpc) is 2.83. The normalized spacial score (nSPS) is 15.2. The highest BCUT2D eigenvalue weighted by Gasteiger charge is 2.14. The van der Waals surface area contributed by atoms with Gasteiger partial charge in [0.15, 0.2) is 0 Å². The molecule has 5 nitrogen and oxygen atoms in total. The van der Waals surface area contributed by atoms with Crippen LogP contribution in [-0.2, 0) is 22.7 Å². The van der Waals surface area contributed by atoms with Crippen molar-refractivity contribution in [2.75, 3.05) is 20.3 Å². The molecule has 1 aromatic carbocycles. The van der Waals surface area contributed by atoms with Gasteiger partial charge in [-0.1, -0.05) is 6.07 Å². The number of carbonyl (C=O) groups is 1. The first kappa shape index (κ1) is 13.0. The number of benzene rings is 1. The van der Waals surface area contributed by atoms with E-state index in [2.05, 4.69) is 5.32 Å². The molecule has 5 heteroatoms. The van der Waals surface area contributed by atoms with Crippen LogP contribution in [-0.4, -0.2) is 37.4 Å². The summed E-state index contributed by atoms with van der Waals surface area (Å²) in [6, 6.07) is 5.51. The van der Waals surface area contributed by atoms with Gasteiger partial charge in [-0.3, -0.25) is 4.79 Å². The molecule has 0 radical (unpaired) electrons. The highest BCUT2D eigenvalue weighted by atomic mass is 16.5. The Hall–Kier alpha value is -1.43. The van der Waals surface area contributed by atoms with E-state index in [1.54, 1.807) is 6.07 Å². The lowest BCUT2D eigenvalue weighted by atomic mass is 10.1. The molecule has 1 aliphatic rings. The second-order valence-electron chi connectivity index (χ2n) is 4.30. The quantitative estimate of drug-likeness (QED) is 0.797. The van der Waals surface area contributed by atoms with Crippen LogP contribution in [0.15, 0.2) is 18.2 Å². The van der Waals surface area contributed by atoms with Gasteiger partial charge in [0.25, 0.3) is 5.91 Å². The minimum atomic E-state index is -0.684. The first-order chi connectivity index (χ1) is 8.70. The Kier molecular flexibility index (Phi) is 4.30. The number of fused-ring (bicyclic) bond motifs is 1. The van der Waals surface area contributed by atoms with Gasteiger partial charge in [-0.2, -0.15) is 0 Å². The molecule has 2 rings (SSSR count). The summed E-state index contributed by atoms with van der Waals surface area (Å²) in [4.78, 5) is 11.8. The largest absolute Gasteiger partial charge is 0.389 e. The molecule has 0 aromatic heterocycles. The van der Waals surface area contributed by atoms with Gasteiger partial charge < -0.3 is 19.9 Å². The number of methoxy groups -OCH3 is 1. The van der Waals surface area contributed by atoms with Crippen molar-refractivity contribution in [3.8, 4) is 0 Å². The first-order valence-electron chi connectivity index (χ1n) is 5.85. The van der Waals surface area contributed by atoms with Gasteiger partial charge in [0.05, 0.1) is 25.9 Å². The maximum atomic E-state index is 11.8. The van der Waals surface area contributed by atoms with Crippen LogP contribution in [0.4, 0.5) is 0 Å². The summed E-state index contributed by atoms with van der Waals surface area (Å²) in [6.07, 6.45) is -0.684. The van der Waals surface area contributed by atoms with E-state index in [-0.39, 0.29) is 19.1 Å². The van der Waals surface area contributed by atoms with Gasteiger partial charge in [-0.15, -0.1) is 0 Å². The first-order valence-corrected chi connectivity index (χ1v) is 5.85. The Morgan fingerprint density at radius 2 is 2.28 bits per heavy atom. The zero-order chi connectivity index (χ0) is 13.0. The molecule has 1 heterocycles. The van der Waals surface area contributed by atoms with E-state index in [0.717, 1.165) is 11.1 Å². The Morgan fingerprint density at radius 1 is 1.50 bits per heavy atom. The number of rotatable bonds is 5. The molecule has 1 amide bonds. The molecule has 1 aromatic rings. The number of aliphatic hydroxyl groups is 1. The smallest absolute Gasteiger partial charge is 0.251 e. The van der Waals surface area contributed by atoms with Crippen molar-refractivity contribution in [2.45, 2.75) is 19.3 Å². The summed E-state index contributed by atoms with van der Waals surface area (Å²) in [5, 5.41) is 12.1. The van der Waals surface area contributed by atoms with Crippen LogP contribution >= 0.6 is 0 Å². The number of aliphatic hydroxyl groups excluding tert-OH is 1. The fourth-order valence-corrected chi connectivity index (χ4v) is 1.88. The van der Waals surface area contributed by atoms with Crippen molar-refractivity contribution < 1.29 is 19.4 Å². The van der Waals surface area contributed by atoms with E-state index in [1.165, 1.54) is 7.11 Å². The topological polar surface area (TPSA) is 67.8 Å². The van der Waals surface area contributed by atoms with E-state index in [0.29, 0.717) is 18.8 Å². The number of ether oxygens (including phenoxy) is 2. The zero-order valence-corrected chi connectivity index (χ0v) is 10.3. The predicted octanol–water partition coefficient (Wildman–Crippen LogP) is 0.454. The molecule has 18 heavy (non-hydrogen) atoms. The summed E-state index contributed by atoms with van der Waals surface area (Å²) in [5.41, 5.74) is 2.77. The number of hydrogen-bond acceptors (Lipinski definition) is 4. The lowest BCUT2D eigenvalue weighted by Gasteiger charge is -2.11. The van der Waals surface area contributed by atoms with E-state index in [1.807, 2.05) is 12.1 Å². The van der Waals surface area contributed by atoms with Crippen molar-refractivity contribution in [2.24, 2.45) is 0 Å². The number of nitrogens with one attached hydrogen (secondary N) is 1. The second-order valence-corrected chi connectivity index (χ2v) is 4.30. The van der Waals surface area contributed by atoms with Crippen molar-refractivity contribution in [1.82, 2.24) is 5.32 Å². The molecule has 0 fully saturated rings. The van der Waals surface area contributed by atoms with E-state index in [4.69, 9.17) is 9.47 Å². The maximum Gasteiger partial charge on any atom is 0.251 e. The fourth-order valence-electron chi connectivity index (χ4n) is 1.88. The van der Waals surface area contributed by atoms with Gasteiger partial charge in [-0.05, 0) is 23.3 Å². The standard InChI is InChI=1S/C13H17NO4/c1-17-8-12(15)5-14-13(16)9-2-3-10-6-18-7-11(10)4-9/h2-4,12,15H,5-8H2,1H3,(H,14,16). The monoisotopic (exact) mass is 251 g/mol. The van der Waals surface area contributed by atoms with Crippen LogP contribution in [0.3, 0.4) is 0 Å². The van der Waals surface area contributed by atoms with E-state index >= 15 is 0 Å². The van der Waals surface area contributed by atoms with Crippen molar-refractivity contribution >= 4 is 5.91 Å². The molecule has 1 unspecified atom stereocenters. The second kappa shape index (κ2) is 5.95. The van der Waals surface area contributed by atoms with Crippen LogP contribution < -0.4 is 5.32 Å². The molecule has 1 atom stereocenters. The number of hydrogen-bond donors (Lipinski definition) is 2. The summed E-state index contributed by atoms with van der Waals surface area (Å²) in [7, 11) is 1.51. The average molecular weight is 251 g/mol. The summed E-state index contributed by atoms with van der Waals surface area (Å²) in [6.45, 7) is 1.56. The van der Waals surface area contributed by atoms with Crippen molar-refractivity contribution in [1.29, 1.82) is 0 Å². The summed E-state index contributed by atoms with van der Waals surface area (Å²) >= 11 is 0. The molecule has 0 bridgehead atoms. The van der Waals surface area contributed by atoms with Gasteiger partial charge in [0.2, 0.25) is 0 Å². The van der Waals surface area contributed by atoms with Crippen molar-refractivity contribution in [3.63, 3.8) is 0 Å². The van der Waals surface area contributed by atoms with Gasteiger partial charge in [-0.25, -0.2) is 0 Å². The van der Waals surface area contributed by atoms with Gasteiger partial charge in [0, 0.05) is 19.2 Å². The molecule has 0 spiro atoms. The van der Waals surface area contributed by atoms with Crippen LogP contribution in [0.1, 0.15) is 21.5 Å². The zero-order valence-electron chi connectivity index (χ0n) is 10.3. The van der Waals surface area contributed by atoms with E-state index < -0.39 is 6.10 Å². The molecule has 2 N–H and O–H groups in total. The van der Waals surface area contributed by atoms with Crippen LogP contribution in [0.5, 0.6) is 0 Å². The lowest BCUT2D eigenvalue weighted by Crippen LogP contribution is -2.34. The minimum absolute atomic E-state index is 0.181. The van der Waals surface area contributed by atoms with E-state index in [9.17, 15) is 9.90 Å². The molecule has 1 aliphatic heterocycles. The lowest BCUT2D eigenvalue weighted by molar-refractivity contribution is 0.0610. The Labute approximate surface area is 106 Å². The molecular weight excluding hydrogens is 234 g/mol. The summed E-state index contributed by atoms with van der Waals surface area (Å²) in [5.74, 6) is -0.195. The van der Waals surface area contributed by atoms with Crippen LogP contribution in [0.25, 0.3) is 0 Å². The Balaban J connectivity index is 1.93. The van der Waals surface area contributed by atoms with Gasteiger partial charge in [0.1, 0.15) is 0 Å². The highest BCUT2D eigenvalue weighted by Crippen LogP contribution is 2.20. The molecule has 0 saturated heterocycles. The minimum Gasteiger partial charge on any atom is -0.389 e. The molecular formula is C13H17NO4. The number of carbonyl (C=O) groups excluding carboxylic acids is 1. The highest BCUT2D eigenvalue weighted by molar-refractivity contribution is 5.94. The summed E-state index contributed by atoms with van der Waals surface area (Å²) < 4.78 is 10.1. The molecule has 0 aliphatic carbocycles. The fraction of sp³-hybridized carbons (Fsp3) is 0.462.